The van der Waals surface area contributed by atoms with Gasteiger partial charge in [-0.25, -0.2) is 0 Å². The number of hydrogen-bond acceptors (Lipinski definition) is 3. The number of halogens is 1. The smallest absolute Gasteiger partial charge is 0.282 e. The van der Waals surface area contributed by atoms with E-state index in [0.717, 1.165) is 23.5 Å². The van der Waals surface area contributed by atoms with Crippen molar-refractivity contribution in [3.8, 4) is 0 Å². The summed E-state index contributed by atoms with van der Waals surface area (Å²) in [5.74, 6) is -0.123. The maximum Gasteiger partial charge on any atom is 0.282 e. The fourth-order valence-corrected chi connectivity index (χ4v) is 3.51. The van der Waals surface area contributed by atoms with Crippen LogP contribution in [0.4, 0.5) is 11.4 Å². The maximum absolute atomic E-state index is 13.1. The molecule has 0 unspecified atom stereocenters. The highest BCUT2D eigenvalue weighted by atomic mass is 35.5. The number of amides is 1. The molecule has 0 bridgehead atoms. The van der Waals surface area contributed by atoms with E-state index in [1.54, 1.807) is 24.3 Å². The third kappa shape index (κ3) is 2.63. The van der Waals surface area contributed by atoms with Gasteiger partial charge in [-0.15, -0.1) is 0 Å². The van der Waals surface area contributed by atoms with Gasteiger partial charge in [0.05, 0.1) is 22.7 Å². The molecule has 0 spiro atoms. The minimum absolute atomic E-state index is 0.123. The van der Waals surface area contributed by atoms with E-state index in [1.807, 2.05) is 25.1 Å². The Hall–Kier alpha value is -2.85. The number of nitrogens with zero attached hydrogens (tertiary/aromatic N) is 3. The number of para-hydroxylation sites is 1. The largest absolute Gasteiger partial charge is 0.341 e. The summed E-state index contributed by atoms with van der Waals surface area (Å²) >= 11 is 5.96. The van der Waals surface area contributed by atoms with Crippen LogP contribution in [0, 0.1) is 0 Å². The topological polar surface area (TPSA) is 35.9 Å². The highest BCUT2D eigenvalue weighted by molar-refractivity contribution is 6.32. The number of anilines is 2. The lowest BCUT2D eigenvalue weighted by molar-refractivity contribution is -0.114. The van der Waals surface area contributed by atoms with Crippen LogP contribution in [-0.2, 0) is 4.79 Å². The van der Waals surface area contributed by atoms with Crippen molar-refractivity contribution < 1.29 is 4.79 Å². The van der Waals surface area contributed by atoms with E-state index in [4.69, 9.17) is 11.6 Å². The van der Waals surface area contributed by atoms with Gasteiger partial charge in [0.25, 0.3) is 5.91 Å². The monoisotopic (exact) mass is 363 g/mol. The van der Waals surface area contributed by atoms with Crippen LogP contribution in [0.2, 0.25) is 5.02 Å². The van der Waals surface area contributed by atoms with Gasteiger partial charge in [-0.1, -0.05) is 35.9 Å². The summed E-state index contributed by atoms with van der Waals surface area (Å²) in [6.07, 6.45) is 4.05. The number of carbonyl (C=O) groups excluding carboxylic acids is 1. The first-order valence-corrected chi connectivity index (χ1v) is 8.92. The molecule has 2 heterocycles. The zero-order chi connectivity index (χ0) is 18.3. The second-order valence-electron chi connectivity index (χ2n) is 6.18. The van der Waals surface area contributed by atoms with E-state index >= 15 is 0 Å². The third-order valence-corrected chi connectivity index (χ3v) is 4.85. The molecule has 0 aliphatic carbocycles. The number of rotatable bonds is 2. The standard InChI is InChI=1S/C21H18ClN3O/c1-3-24-18-7-5-4-6-15(18)8-13-19(24)20-14(2)23-25(21(20)26)17-11-9-16(22)10-12-17/h4-13H,3H2,1-2H3. The Morgan fingerprint density at radius 3 is 2.50 bits per heavy atom. The van der Waals surface area contributed by atoms with E-state index in [2.05, 4.69) is 35.1 Å². The van der Waals surface area contributed by atoms with Crippen LogP contribution in [-0.4, -0.2) is 18.2 Å². The van der Waals surface area contributed by atoms with Crippen LogP contribution in [0.3, 0.4) is 0 Å². The number of hydrazone groups is 1. The van der Waals surface area contributed by atoms with E-state index in [9.17, 15) is 4.79 Å². The Morgan fingerprint density at radius 1 is 1.04 bits per heavy atom. The van der Waals surface area contributed by atoms with Crippen molar-refractivity contribution in [1.29, 1.82) is 0 Å². The molecule has 0 saturated heterocycles. The molecule has 1 amide bonds. The molecule has 5 heteroatoms. The van der Waals surface area contributed by atoms with Crippen molar-refractivity contribution in [1.82, 2.24) is 0 Å². The van der Waals surface area contributed by atoms with Gasteiger partial charge in [0.15, 0.2) is 0 Å². The highest BCUT2D eigenvalue weighted by Gasteiger charge is 2.33. The van der Waals surface area contributed by atoms with E-state index in [0.29, 0.717) is 22.0 Å². The van der Waals surface area contributed by atoms with Gasteiger partial charge >= 0.3 is 0 Å². The molecular weight excluding hydrogens is 346 g/mol. The van der Waals surface area contributed by atoms with Crippen molar-refractivity contribution in [2.75, 3.05) is 16.5 Å². The quantitative estimate of drug-likeness (QED) is 0.713. The van der Waals surface area contributed by atoms with E-state index < -0.39 is 0 Å². The predicted molar refractivity (Wildman–Crippen MR) is 108 cm³/mol. The lowest BCUT2D eigenvalue weighted by Crippen LogP contribution is -2.29. The lowest BCUT2D eigenvalue weighted by atomic mass is 10.0. The molecule has 0 aromatic heterocycles. The minimum atomic E-state index is -0.123. The summed E-state index contributed by atoms with van der Waals surface area (Å²) in [6.45, 7) is 4.72. The van der Waals surface area contributed by atoms with Gasteiger partial charge < -0.3 is 4.90 Å². The number of hydrogen-bond donors (Lipinski definition) is 0. The normalized spacial score (nSPS) is 19.0. The summed E-state index contributed by atoms with van der Waals surface area (Å²) in [7, 11) is 0. The van der Waals surface area contributed by atoms with E-state index in [-0.39, 0.29) is 5.91 Å². The molecule has 0 saturated carbocycles. The number of allylic oxidation sites excluding steroid dienone is 1. The maximum atomic E-state index is 13.1. The average molecular weight is 364 g/mol. The SMILES string of the molecule is CCN1C(=C2C(=O)N(c3ccc(Cl)cc3)N=C2C)C=Cc2ccccc21. The van der Waals surface area contributed by atoms with Crippen molar-refractivity contribution >= 4 is 40.7 Å². The minimum Gasteiger partial charge on any atom is -0.341 e. The summed E-state index contributed by atoms with van der Waals surface area (Å²) in [4.78, 5) is 15.3. The van der Waals surface area contributed by atoms with Gasteiger partial charge in [-0.2, -0.15) is 10.1 Å². The molecule has 2 aliphatic heterocycles. The molecule has 0 atom stereocenters. The summed E-state index contributed by atoms with van der Waals surface area (Å²) in [6, 6.07) is 15.3. The number of likely N-dealkylation sites (N-methyl/N-ethyl adjacent to an activating group) is 1. The molecule has 26 heavy (non-hydrogen) atoms. The van der Waals surface area contributed by atoms with Crippen LogP contribution in [0.1, 0.15) is 19.4 Å². The van der Waals surface area contributed by atoms with Crippen LogP contribution in [0.15, 0.2) is 71.0 Å². The molecule has 0 radical (unpaired) electrons. The van der Waals surface area contributed by atoms with Crippen molar-refractivity contribution in [2.45, 2.75) is 13.8 Å². The molecule has 2 aromatic rings. The molecule has 4 nitrogen and oxygen atoms in total. The van der Waals surface area contributed by atoms with Gasteiger partial charge in [0.1, 0.15) is 0 Å². The first-order valence-electron chi connectivity index (χ1n) is 8.54. The van der Waals surface area contributed by atoms with Gasteiger partial charge in [0, 0.05) is 17.3 Å². The fraction of sp³-hybridized carbons (Fsp3) is 0.143. The Morgan fingerprint density at radius 2 is 1.77 bits per heavy atom. The first kappa shape index (κ1) is 16.6. The lowest BCUT2D eigenvalue weighted by Gasteiger charge is -2.30. The van der Waals surface area contributed by atoms with Crippen LogP contribution < -0.4 is 9.91 Å². The second kappa shape index (κ2) is 6.46. The van der Waals surface area contributed by atoms with Gasteiger partial charge in [-0.3, -0.25) is 4.79 Å². The molecule has 4 rings (SSSR count). The summed E-state index contributed by atoms with van der Waals surface area (Å²) < 4.78 is 0. The van der Waals surface area contributed by atoms with Crippen LogP contribution in [0.5, 0.6) is 0 Å². The number of fused-ring (bicyclic) bond motifs is 1. The van der Waals surface area contributed by atoms with E-state index in [1.165, 1.54) is 5.01 Å². The predicted octanol–water partition coefficient (Wildman–Crippen LogP) is 4.87. The number of carbonyl (C=O) groups is 1. The van der Waals surface area contributed by atoms with Crippen LogP contribution in [0.25, 0.3) is 6.08 Å². The van der Waals surface area contributed by atoms with Crippen LogP contribution >= 0.6 is 11.6 Å². The molecule has 0 fully saturated rings. The fourth-order valence-electron chi connectivity index (χ4n) is 3.38. The Bertz CT molecular complexity index is 973. The number of benzene rings is 2. The van der Waals surface area contributed by atoms with Crippen molar-refractivity contribution in [3.63, 3.8) is 0 Å². The van der Waals surface area contributed by atoms with Crippen molar-refractivity contribution in [2.24, 2.45) is 5.10 Å². The molecular formula is C21H18ClN3O. The molecule has 2 aliphatic rings. The average Bonchev–Trinajstić information content (AvgIpc) is 2.95. The Labute approximate surface area is 157 Å². The molecule has 2 aromatic carbocycles. The van der Waals surface area contributed by atoms with Gasteiger partial charge in [0.2, 0.25) is 0 Å². The Kier molecular flexibility index (Phi) is 4.13. The second-order valence-corrected chi connectivity index (χ2v) is 6.61. The highest BCUT2D eigenvalue weighted by Crippen LogP contribution is 2.35. The summed E-state index contributed by atoms with van der Waals surface area (Å²) in [5.41, 5.74) is 5.18. The zero-order valence-corrected chi connectivity index (χ0v) is 15.4. The van der Waals surface area contributed by atoms with Gasteiger partial charge in [-0.05, 0) is 55.8 Å². The third-order valence-electron chi connectivity index (χ3n) is 4.60. The van der Waals surface area contributed by atoms with Crippen molar-refractivity contribution in [3.05, 3.63) is 76.5 Å². The molecule has 0 N–H and O–H groups in total. The first-order chi connectivity index (χ1) is 12.6. The molecule has 130 valence electrons. The zero-order valence-electron chi connectivity index (χ0n) is 14.6. The summed E-state index contributed by atoms with van der Waals surface area (Å²) in [5, 5.41) is 6.56. The Balaban J connectivity index is 1.79.